The van der Waals surface area contributed by atoms with Gasteiger partial charge in [-0.1, -0.05) is 23.4 Å². The summed E-state index contributed by atoms with van der Waals surface area (Å²) in [7, 11) is 0. The molecule has 0 radical (unpaired) electrons. The van der Waals surface area contributed by atoms with Gasteiger partial charge < -0.3 is 20.1 Å². The van der Waals surface area contributed by atoms with Crippen molar-refractivity contribution >= 4 is 17.6 Å². The van der Waals surface area contributed by atoms with Gasteiger partial charge in [-0.15, -0.1) is 0 Å². The monoisotopic (exact) mass is 433 g/mol. The van der Waals surface area contributed by atoms with Crippen LogP contribution in [0.5, 0.6) is 0 Å². The van der Waals surface area contributed by atoms with E-state index in [9.17, 15) is 4.79 Å². The molecular formula is C23H27N7O2. The number of nitrogens with one attached hydrogen (secondary N) is 2. The summed E-state index contributed by atoms with van der Waals surface area (Å²) in [6.45, 7) is 4.73. The average Bonchev–Trinajstić information content (AvgIpc) is 3.48. The maximum atomic E-state index is 11.9. The summed E-state index contributed by atoms with van der Waals surface area (Å²) in [4.78, 5) is 27.0. The first-order chi connectivity index (χ1) is 15.7. The molecule has 4 rings (SSSR count). The Hall–Kier alpha value is -3.75. The third kappa shape index (κ3) is 5.48. The molecule has 1 saturated heterocycles. The van der Waals surface area contributed by atoms with E-state index in [-0.39, 0.29) is 5.91 Å². The molecule has 1 aliphatic heterocycles. The number of benzene rings is 1. The number of hydrogen-bond donors (Lipinski definition) is 2. The number of anilines is 1. The van der Waals surface area contributed by atoms with Crippen molar-refractivity contribution < 1.29 is 9.32 Å². The van der Waals surface area contributed by atoms with Gasteiger partial charge in [0.15, 0.2) is 11.8 Å². The minimum absolute atomic E-state index is 0.197. The van der Waals surface area contributed by atoms with Crippen LogP contribution in [-0.4, -0.2) is 46.6 Å². The second-order valence-electron chi connectivity index (χ2n) is 7.42. The zero-order valence-electron chi connectivity index (χ0n) is 18.1. The summed E-state index contributed by atoms with van der Waals surface area (Å²) in [5.74, 6) is 1.95. The molecule has 3 aromatic rings. The molecule has 2 aromatic heterocycles. The van der Waals surface area contributed by atoms with Crippen molar-refractivity contribution in [1.29, 1.82) is 0 Å². The second-order valence-corrected chi connectivity index (χ2v) is 7.42. The smallest absolute Gasteiger partial charge is 0.276 e. The molecule has 166 valence electrons. The molecule has 1 aromatic carbocycles. The number of rotatable bonds is 8. The highest BCUT2D eigenvalue weighted by atomic mass is 16.5. The standard InChI is InChI=1S/C23H27N7O2/c1-2-24-23(26-14-12-20-28-22(32-29-20)19-6-3-4-13-25-19)27-16-17-8-10-18(11-9-17)30-15-5-7-21(30)31/h3-4,6,8-11,13H,2,5,7,12,14-16H2,1H3,(H2,24,26,27). The number of hydrogen-bond acceptors (Lipinski definition) is 6. The quantitative estimate of drug-likeness (QED) is 0.415. The van der Waals surface area contributed by atoms with E-state index < -0.39 is 0 Å². The lowest BCUT2D eigenvalue weighted by atomic mass is 10.2. The third-order valence-electron chi connectivity index (χ3n) is 5.08. The van der Waals surface area contributed by atoms with Crippen molar-refractivity contribution in [2.24, 2.45) is 4.99 Å². The van der Waals surface area contributed by atoms with Gasteiger partial charge in [0.2, 0.25) is 5.91 Å². The number of guanidine groups is 1. The van der Waals surface area contributed by atoms with Crippen LogP contribution in [0.2, 0.25) is 0 Å². The SMILES string of the molecule is CCNC(=NCc1ccc(N2CCCC2=O)cc1)NCCc1noc(-c2ccccn2)n1. The molecule has 9 heteroatoms. The van der Waals surface area contributed by atoms with Gasteiger partial charge in [-0.3, -0.25) is 9.78 Å². The molecule has 0 unspecified atom stereocenters. The molecule has 0 saturated carbocycles. The lowest BCUT2D eigenvalue weighted by Gasteiger charge is -2.15. The normalized spacial score (nSPS) is 14.1. The maximum absolute atomic E-state index is 11.9. The molecule has 9 nitrogen and oxygen atoms in total. The molecule has 1 fully saturated rings. The van der Waals surface area contributed by atoms with Crippen molar-refractivity contribution in [2.45, 2.75) is 32.7 Å². The Kier molecular flexibility index (Phi) is 7.06. The van der Waals surface area contributed by atoms with Gasteiger partial charge in [0, 0.05) is 44.4 Å². The largest absolute Gasteiger partial charge is 0.357 e. The highest BCUT2D eigenvalue weighted by Crippen LogP contribution is 2.21. The van der Waals surface area contributed by atoms with E-state index in [4.69, 9.17) is 4.52 Å². The zero-order chi connectivity index (χ0) is 22.2. The topological polar surface area (TPSA) is 109 Å². The molecule has 1 amide bonds. The van der Waals surface area contributed by atoms with E-state index in [1.165, 1.54) is 0 Å². The Bertz CT molecular complexity index is 1050. The molecule has 3 heterocycles. The van der Waals surface area contributed by atoms with Crippen LogP contribution in [-0.2, 0) is 17.8 Å². The lowest BCUT2D eigenvalue weighted by Crippen LogP contribution is -2.38. The summed E-state index contributed by atoms with van der Waals surface area (Å²) >= 11 is 0. The Morgan fingerprint density at radius 3 is 2.78 bits per heavy atom. The van der Waals surface area contributed by atoms with E-state index in [1.54, 1.807) is 6.20 Å². The van der Waals surface area contributed by atoms with E-state index in [0.717, 1.165) is 36.7 Å². The van der Waals surface area contributed by atoms with Crippen LogP contribution in [0.1, 0.15) is 31.2 Å². The predicted molar refractivity (Wildman–Crippen MR) is 122 cm³/mol. The molecule has 2 N–H and O–H groups in total. The van der Waals surface area contributed by atoms with Gasteiger partial charge in [-0.25, -0.2) is 4.99 Å². The van der Waals surface area contributed by atoms with E-state index >= 15 is 0 Å². The molecule has 0 spiro atoms. The van der Waals surface area contributed by atoms with Gasteiger partial charge >= 0.3 is 0 Å². The summed E-state index contributed by atoms with van der Waals surface area (Å²) in [6, 6.07) is 13.6. The summed E-state index contributed by atoms with van der Waals surface area (Å²) < 4.78 is 5.29. The van der Waals surface area contributed by atoms with Crippen molar-refractivity contribution in [3.05, 3.63) is 60.0 Å². The second kappa shape index (κ2) is 10.5. The molecule has 1 aliphatic rings. The minimum atomic E-state index is 0.197. The molecule has 0 atom stereocenters. The fourth-order valence-electron chi connectivity index (χ4n) is 3.46. The van der Waals surface area contributed by atoms with E-state index in [1.807, 2.05) is 54.3 Å². The lowest BCUT2D eigenvalue weighted by molar-refractivity contribution is -0.117. The van der Waals surface area contributed by atoms with Crippen molar-refractivity contribution in [2.75, 3.05) is 24.5 Å². The summed E-state index contributed by atoms with van der Waals surface area (Å²) in [6.07, 6.45) is 3.85. The number of nitrogens with zero attached hydrogens (tertiary/aromatic N) is 5. The molecule has 32 heavy (non-hydrogen) atoms. The van der Waals surface area contributed by atoms with Gasteiger partial charge in [0.25, 0.3) is 5.89 Å². The third-order valence-corrected chi connectivity index (χ3v) is 5.08. The number of aliphatic imine (C=N–C) groups is 1. The molecule has 0 bridgehead atoms. The number of carbonyl (C=O) groups excluding carboxylic acids is 1. The van der Waals surface area contributed by atoms with Crippen molar-refractivity contribution in [3.8, 4) is 11.6 Å². The number of pyridine rings is 1. The Morgan fingerprint density at radius 1 is 1.19 bits per heavy atom. The average molecular weight is 434 g/mol. The zero-order valence-corrected chi connectivity index (χ0v) is 18.1. The summed E-state index contributed by atoms with van der Waals surface area (Å²) in [5, 5.41) is 10.6. The Labute approximate surface area is 187 Å². The highest BCUT2D eigenvalue weighted by Gasteiger charge is 2.21. The van der Waals surface area contributed by atoms with Gasteiger partial charge in [-0.05, 0) is 43.2 Å². The van der Waals surface area contributed by atoms with Crippen LogP contribution in [0, 0.1) is 0 Å². The van der Waals surface area contributed by atoms with Gasteiger partial charge in [0.05, 0.1) is 6.54 Å². The number of carbonyl (C=O) groups is 1. The van der Waals surface area contributed by atoms with Crippen LogP contribution in [0.25, 0.3) is 11.6 Å². The number of amides is 1. The fourth-order valence-corrected chi connectivity index (χ4v) is 3.46. The van der Waals surface area contributed by atoms with Crippen molar-refractivity contribution in [1.82, 2.24) is 25.8 Å². The highest BCUT2D eigenvalue weighted by molar-refractivity contribution is 5.95. The Morgan fingerprint density at radius 2 is 2.06 bits per heavy atom. The Balaban J connectivity index is 1.29. The maximum Gasteiger partial charge on any atom is 0.276 e. The van der Waals surface area contributed by atoms with E-state index in [2.05, 4.69) is 30.8 Å². The minimum Gasteiger partial charge on any atom is -0.357 e. The van der Waals surface area contributed by atoms with Crippen LogP contribution >= 0.6 is 0 Å². The predicted octanol–water partition coefficient (Wildman–Crippen LogP) is 2.56. The molecular weight excluding hydrogens is 406 g/mol. The first kappa shape index (κ1) is 21.5. The van der Waals surface area contributed by atoms with Crippen LogP contribution in [0.4, 0.5) is 5.69 Å². The van der Waals surface area contributed by atoms with Crippen LogP contribution in [0.3, 0.4) is 0 Å². The van der Waals surface area contributed by atoms with E-state index in [0.29, 0.717) is 43.3 Å². The van der Waals surface area contributed by atoms with Crippen molar-refractivity contribution in [3.63, 3.8) is 0 Å². The van der Waals surface area contributed by atoms with Crippen LogP contribution in [0.15, 0.2) is 58.2 Å². The van der Waals surface area contributed by atoms with Gasteiger partial charge in [-0.2, -0.15) is 4.98 Å². The molecule has 0 aliphatic carbocycles. The fraction of sp³-hybridized carbons (Fsp3) is 0.348. The summed E-state index contributed by atoms with van der Waals surface area (Å²) in [5.41, 5.74) is 2.69. The van der Waals surface area contributed by atoms with Crippen LogP contribution < -0.4 is 15.5 Å². The van der Waals surface area contributed by atoms with Gasteiger partial charge in [0.1, 0.15) is 5.69 Å². The first-order valence-corrected chi connectivity index (χ1v) is 10.9. The first-order valence-electron chi connectivity index (χ1n) is 10.9. The number of aromatic nitrogens is 3.